The molecule has 0 rings (SSSR count). The summed E-state index contributed by atoms with van der Waals surface area (Å²) in [6, 6.07) is 1.07. The normalized spacial score (nSPS) is 12.0. The van der Waals surface area contributed by atoms with E-state index < -0.39 is 8.56 Å². The van der Waals surface area contributed by atoms with Crippen LogP contribution in [0.3, 0.4) is 0 Å². The fourth-order valence-corrected chi connectivity index (χ4v) is 3.73. The molecule has 0 fully saturated rings. The number of hydrogen-bond donors (Lipinski definition) is 0. The van der Waals surface area contributed by atoms with Crippen LogP contribution in [0.4, 0.5) is 0 Å². The summed E-state index contributed by atoms with van der Waals surface area (Å²) in [6.45, 7) is 11.5. The standard InChI is InChI=1S/C9H21O2Si/c1-5-8-9-12(4,10-6-2)11-7-3/h1,5-9H2,2-4H3. The minimum Gasteiger partial charge on any atom is -0.395 e. The Kier molecular flexibility index (Phi) is 6.71. The molecule has 73 valence electrons. The highest BCUT2D eigenvalue weighted by Gasteiger charge is 2.29. The summed E-state index contributed by atoms with van der Waals surface area (Å²) in [5.74, 6) is 0. The van der Waals surface area contributed by atoms with E-state index in [0.717, 1.165) is 32.1 Å². The first kappa shape index (κ1) is 12.1. The summed E-state index contributed by atoms with van der Waals surface area (Å²) in [4.78, 5) is 0. The van der Waals surface area contributed by atoms with Crippen LogP contribution in [0, 0.1) is 6.92 Å². The maximum absolute atomic E-state index is 5.66. The van der Waals surface area contributed by atoms with Crippen LogP contribution in [0.1, 0.15) is 26.7 Å². The SMILES string of the molecule is [CH2]CCC[Si](C)(OCC)OCC. The van der Waals surface area contributed by atoms with E-state index in [-0.39, 0.29) is 0 Å². The summed E-state index contributed by atoms with van der Waals surface area (Å²) in [6.07, 6.45) is 2.09. The minimum absolute atomic E-state index is 0.764. The number of hydrogen-bond acceptors (Lipinski definition) is 2. The highest BCUT2D eigenvalue weighted by atomic mass is 28.4. The molecule has 0 saturated heterocycles. The van der Waals surface area contributed by atoms with E-state index >= 15 is 0 Å². The van der Waals surface area contributed by atoms with Gasteiger partial charge >= 0.3 is 8.56 Å². The topological polar surface area (TPSA) is 18.5 Å². The average Bonchev–Trinajstić information content (AvgIpc) is 2.02. The Morgan fingerprint density at radius 1 is 1.17 bits per heavy atom. The van der Waals surface area contributed by atoms with Crippen molar-refractivity contribution < 1.29 is 8.85 Å². The molecule has 0 aromatic rings. The largest absolute Gasteiger partial charge is 0.395 e. The Labute approximate surface area is 77.5 Å². The molecule has 0 unspecified atom stereocenters. The smallest absolute Gasteiger partial charge is 0.334 e. The molecule has 0 bridgehead atoms. The van der Waals surface area contributed by atoms with Crippen LogP contribution in [-0.2, 0) is 8.85 Å². The van der Waals surface area contributed by atoms with Gasteiger partial charge in [-0.3, -0.25) is 0 Å². The van der Waals surface area contributed by atoms with Gasteiger partial charge in [-0.25, -0.2) is 0 Å². The summed E-state index contributed by atoms with van der Waals surface area (Å²) in [5.41, 5.74) is 0. The predicted molar refractivity (Wildman–Crippen MR) is 54.3 cm³/mol. The van der Waals surface area contributed by atoms with E-state index in [9.17, 15) is 0 Å². The van der Waals surface area contributed by atoms with Crippen molar-refractivity contribution >= 4 is 8.56 Å². The maximum Gasteiger partial charge on any atom is 0.334 e. The van der Waals surface area contributed by atoms with E-state index in [4.69, 9.17) is 8.85 Å². The molecular formula is C9H21O2Si. The Balaban J connectivity index is 3.80. The fraction of sp³-hybridized carbons (Fsp3) is 0.889. The van der Waals surface area contributed by atoms with Crippen molar-refractivity contribution in [1.82, 2.24) is 0 Å². The third kappa shape index (κ3) is 4.90. The van der Waals surface area contributed by atoms with Gasteiger partial charge in [0.15, 0.2) is 0 Å². The first-order valence-electron chi connectivity index (χ1n) is 4.75. The predicted octanol–water partition coefficient (Wildman–Crippen LogP) is 2.75. The van der Waals surface area contributed by atoms with Crippen LogP contribution in [0.5, 0.6) is 0 Å². The first-order valence-corrected chi connectivity index (χ1v) is 7.28. The van der Waals surface area contributed by atoms with Crippen LogP contribution >= 0.6 is 0 Å². The maximum atomic E-state index is 5.66. The fourth-order valence-electron chi connectivity index (χ4n) is 1.24. The summed E-state index contributed by atoms with van der Waals surface area (Å²) >= 11 is 0. The van der Waals surface area contributed by atoms with E-state index in [0.29, 0.717) is 0 Å². The molecule has 0 aromatic heterocycles. The van der Waals surface area contributed by atoms with E-state index in [2.05, 4.69) is 13.5 Å². The molecule has 0 amide bonds. The van der Waals surface area contributed by atoms with Crippen molar-refractivity contribution in [1.29, 1.82) is 0 Å². The minimum atomic E-state index is -1.81. The van der Waals surface area contributed by atoms with Gasteiger partial charge in [0.1, 0.15) is 0 Å². The molecular weight excluding hydrogens is 168 g/mol. The molecule has 0 aromatic carbocycles. The van der Waals surface area contributed by atoms with Gasteiger partial charge in [0, 0.05) is 13.2 Å². The lowest BCUT2D eigenvalue weighted by Crippen LogP contribution is -2.38. The van der Waals surface area contributed by atoms with Crippen LogP contribution in [0.25, 0.3) is 0 Å². The van der Waals surface area contributed by atoms with Crippen LogP contribution in [-0.4, -0.2) is 21.8 Å². The zero-order valence-electron chi connectivity index (χ0n) is 8.56. The molecule has 0 aliphatic carbocycles. The van der Waals surface area contributed by atoms with Crippen molar-refractivity contribution in [3.05, 3.63) is 6.92 Å². The van der Waals surface area contributed by atoms with E-state index in [1.165, 1.54) is 0 Å². The zero-order chi connectivity index (χ0) is 9.45. The highest BCUT2D eigenvalue weighted by Crippen LogP contribution is 2.16. The third-order valence-corrected chi connectivity index (χ3v) is 4.84. The van der Waals surface area contributed by atoms with Gasteiger partial charge in [-0.2, -0.15) is 0 Å². The lowest BCUT2D eigenvalue weighted by Gasteiger charge is -2.25. The van der Waals surface area contributed by atoms with Crippen LogP contribution in [0.15, 0.2) is 0 Å². The molecule has 0 heterocycles. The molecule has 0 atom stereocenters. The average molecular weight is 189 g/mol. The molecule has 0 saturated carbocycles. The van der Waals surface area contributed by atoms with E-state index in [1.807, 2.05) is 13.8 Å². The van der Waals surface area contributed by atoms with Gasteiger partial charge < -0.3 is 8.85 Å². The summed E-state index contributed by atoms with van der Waals surface area (Å²) in [5, 5.41) is 0. The second kappa shape index (κ2) is 6.63. The van der Waals surface area contributed by atoms with Gasteiger partial charge in [-0.05, 0) is 26.4 Å². The van der Waals surface area contributed by atoms with Crippen molar-refractivity contribution in [3.63, 3.8) is 0 Å². The second-order valence-electron chi connectivity index (χ2n) is 2.96. The van der Waals surface area contributed by atoms with Gasteiger partial charge in [0.2, 0.25) is 0 Å². The summed E-state index contributed by atoms with van der Waals surface area (Å²) in [7, 11) is -1.81. The Hall–Kier alpha value is 0.137. The van der Waals surface area contributed by atoms with Crippen molar-refractivity contribution in [3.8, 4) is 0 Å². The first-order chi connectivity index (χ1) is 5.68. The Bertz CT molecular complexity index is 101. The van der Waals surface area contributed by atoms with Gasteiger partial charge in [0.25, 0.3) is 0 Å². The van der Waals surface area contributed by atoms with Crippen LogP contribution < -0.4 is 0 Å². The third-order valence-electron chi connectivity index (χ3n) is 1.78. The molecule has 1 radical (unpaired) electrons. The molecule has 0 spiro atoms. The van der Waals surface area contributed by atoms with Gasteiger partial charge in [-0.15, -0.1) is 0 Å². The Morgan fingerprint density at radius 3 is 2.00 bits per heavy atom. The molecule has 12 heavy (non-hydrogen) atoms. The van der Waals surface area contributed by atoms with E-state index in [1.54, 1.807) is 0 Å². The monoisotopic (exact) mass is 189 g/mol. The number of unbranched alkanes of at least 4 members (excludes halogenated alkanes) is 1. The molecule has 3 heteroatoms. The molecule has 0 aliphatic rings. The molecule has 0 aliphatic heterocycles. The van der Waals surface area contributed by atoms with Gasteiger partial charge in [-0.1, -0.05) is 19.8 Å². The lowest BCUT2D eigenvalue weighted by atomic mass is 10.4. The van der Waals surface area contributed by atoms with Crippen molar-refractivity contribution in [2.75, 3.05) is 13.2 Å². The molecule has 0 N–H and O–H groups in total. The van der Waals surface area contributed by atoms with Gasteiger partial charge in [0.05, 0.1) is 0 Å². The quantitative estimate of drug-likeness (QED) is 0.573. The molecule has 2 nitrogen and oxygen atoms in total. The second-order valence-corrected chi connectivity index (χ2v) is 6.30. The Morgan fingerprint density at radius 2 is 1.67 bits per heavy atom. The lowest BCUT2D eigenvalue weighted by molar-refractivity contribution is 0.188. The van der Waals surface area contributed by atoms with Crippen molar-refractivity contribution in [2.24, 2.45) is 0 Å². The van der Waals surface area contributed by atoms with Crippen LogP contribution in [0.2, 0.25) is 12.6 Å². The summed E-state index contributed by atoms with van der Waals surface area (Å²) < 4.78 is 11.3. The van der Waals surface area contributed by atoms with Crippen molar-refractivity contribution in [2.45, 2.75) is 39.3 Å². The zero-order valence-corrected chi connectivity index (χ0v) is 9.56. The highest BCUT2D eigenvalue weighted by molar-refractivity contribution is 6.66. The number of rotatable bonds is 7.